The molecule has 4 unspecified atom stereocenters. The minimum Gasteiger partial charge on any atom is -0.394 e. The average molecular weight is 311 g/mol. The van der Waals surface area contributed by atoms with Crippen LogP contribution >= 0.6 is 0 Å². The van der Waals surface area contributed by atoms with E-state index in [2.05, 4.69) is 0 Å². The Balaban J connectivity index is 0. The first-order chi connectivity index (χ1) is 9.74. The SMILES string of the molecule is CN(C)OC(C=O)C(O)C(O)C(O)CO.O=CC(O)C=O. The molecule has 124 valence electrons. The van der Waals surface area contributed by atoms with E-state index in [4.69, 9.17) is 20.2 Å². The van der Waals surface area contributed by atoms with Gasteiger partial charge in [0.1, 0.15) is 18.3 Å². The predicted octanol–water partition coefficient (Wildman–Crippen LogP) is -4.13. The van der Waals surface area contributed by atoms with Crippen molar-refractivity contribution in [2.75, 3.05) is 20.7 Å². The van der Waals surface area contributed by atoms with Crippen LogP contribution in [0.5, 0.6) is 0 Å². The van der Waals surface area contributed by atoms with Gasteiger partial charge in [0.15, 0.2) is 31.1 Å². The van der Waals surface area contributed by atoms with Gasteiger partial charge in [0.25, 0.3) is 0 Å². The lowest BCUT2D eigenvalue weighted by Gasteiger charge is -2.27. The number of carbonyl (C=O) groups excluding carboxylic acids is 3. The van der Waals surface area contributed by atoms with Crippen LogP contribution < -0.4 is 0 Å². The maximum Gasteiger partial charge on any atom is 0.164 e. The maximum atomic E-state index is 10.5. The molecule has 0 amide bonds. The zero-order chi connectivity index (χ0) is 17.0. The van der Waals surface area contributed by atoms with Crippen molar-refractivity contribution in [1.29, 1.82) is 0 Å². The van der Waals surface area contributed by atoms with Gasteiger partial charge in [0, 0.05) is 14.1 Å². The highest BCUT2D eigenvalue weighted by Gasteiger charge is 2.32. The predicted molar refractivity (Wildman–Crippen MR) is 67.9 cm³/mol. The summed E-state index contributed by atoms with van der Waals surface area (Å²) in [6.07, 6.45) is -6.87. The molecule has 4 atom stereocenters. The Labute approximate surface area is 121 Å². The highest BCUT2D eigenvalue weighted by molar-refractivity contribution is 5.79. The molecule has 0 saturated carbocycles. The molecule has 21 heavy (non-hydrogen) atoms. The molecular weight excluding hydrogens is 290 g/mol. The largest absolute Gasteiger partial charge is 0.394 e. The van der Waals surface area contributed by atoms with E-state index in [-0.39, 0.29) is 12.6 Å². The van der Waals surface area contributed by atoms with E-state index in [0.717, 1.165) is 0 Å². The molecular formula is C11H21NO9. The van der Waals surface area contributed by atoms with Gasteiger partial charge in [0.2, 0.25) is 0 Å². The third-order valence-corrected chi connectivity index (χ3v) is 2.01. The number of carbonyl (C=O) groups is 3. The van der Waals surface area contributed by atoms with E-state index in [9.17, 15) is 24.6 Å². The van der Waals surface area contributed by atoms with Crippen LogP contribution in [0.2, 0.25) is 0 Å². The second kappa shape index (κ2) is 12.5. The molecule has 10 nitrogen and oxygen atoms in total. The molecule has 0 aliphatic heterocycles. The summed E-state index contributed by atoms with van der Waals surface area (Å²) in [6, 6.07) is 0. The lowest BCUT2D eigenvalue weighted by atomic mass is 10.0. The number of hydrogen-bond donors (Lipinski definition) is 5. The molecule has 0 aliphatic rings. The minimum absolute atomic E-state index is 0.160. The fourth-order valence-corrected chi connectivity index (χ4v) is 0.973. The molecule has 0 aromatic carbocycles. The number of rotatable bonds is 9. The van der Waals surface area contributed by atoms with Crippen LogP contribution in [-0.2, 0) is 19.2 Å². The van der Waals surface area contributed by atoms with E-state index in [1.54, 1.807) is 0 Å². The summed E-state index contributed by atoms with van der Waals surface area (Å²) < 4.78 is 0. The van der Waals surface area contributed by atoms with Crippen molar-refractivity contribution < 1.29 is 44.8 Å². The van der Waals surface area contributed by atoms with Crippen molar-refractivity contribution in [3.8, 4) is 0 Å². The molecule has 0 saturated heterocycles. The molecule has 0 aliphatic carbocycles. The average Bonchev–Trinajstić information content (AvgIpc) is 2.49. The van der Waals surface area contributed by atoms with Gasteiger partial charge in [-0.3, -0.25) is 14.4 Å². The summed E-state index contributed by atoms with van der Waals surface area (Å²) >= 11 is 0. The summed E-state index contributed by atoms with van der Waals surface area (Å²) in [7, 11) is 3.00. The first kappa shape index (κ1) is 22.0. The number of nitrogens with zero attached hydrogens (tertiary/aromatic N) is 1. The Morgan fingerprint density at radius 3 is 1.67 bits per heavy atom. The van der Waals surface area contributed by atoms with Crippen LogP contribution in [0, 0.1) is 0 Å². The first-order valence-electron chi connectivity index (χ1n) is 5.78. The molecule has 0 heterocycles. The normalized spacial score (nSPS) is 16.4. The van der Waals surface area contributed by atoms with Crippen molar-refractivity contribution in [2.45, 2.75) is 30.5 Å². The van der Waals surface area contributed by atoms with Crippen molar-refractivity contribution in [3.05, 3.63) is 0 Å². The standard InChI is InChI=1S/C8H17NO6.C3H4O3/c1-9(2)15-6(4-11)8(14)7(13)5(12)3-10;4-1-3(6)2-5/h4-8,10,12-14H,3H2,1-2H3;1-3,6H. The first-order valence-corrected chi connectivity index (χ1v) is 5.78. The third kappa shape index (κ3) is 10.1. The van der Waals surface area contributed by atoms with Crippen LogP contribution in [0.1, 0.15) is 0 Å². The van der Waals surface area contributed by atoms with Crippen LogP contribution in [0.25, 0.3) is 0 Å². The van der Waals surface area contributed by atoms with Crippen LogP contribution in [-0.4, -0.2) is 101 Å². The molecule has 5 N–H and O–H groups in total. The van der Waals surface area contributed by atoms with Gasteiger partial charge in [-0.25, -0.2) is 0 Å². The molecule has 0 fully saturated rings. The van der Waals surface area contributed by atoms with Gasteiger partial charge < -0.3 is 30.3 Å². The van der Waals surface area contributed by atoms with Crippen molar-refractivity contribution in [3.63, 3.8) is 0 Å². The highest BCUT2D eigenvalue weighted by Crippen LogP contribution is 2.07. The lowest BCUT2D eigenvalue weighted by Crippen LogP contribution is -2.48. The Kier molecular flexibility index (Phi) is 13.1. The lowest BCUT2D eigenvalue weighted by molar-refractivity contribution is -0.210. The minimum atomic E-state index is -1.65. The molecule has 0 aromatic heterocycles. The number of hydrogen-bond acceptors (Lipinski definition) is 10. The summed E-state index contributed by atoms with van der Waals surface area (Å²) in [4.78, 5) is 33.9. The van der Waals surface area contributed by atoms with E-state index in [1.165, 1.54) is 19.2 Å². The van der Waals surface area contributed by atoms with Gasteiger partial charge in [-0.15, -0.1) is 0 Å². The number of aliphatic hydroxyl groups is 5. The van der Waals surface area contributed by atoms with Gasteiger partial charge in [-0.1, -0.05) is 0 Å². The summed E-state index contributed by atoms with van der Waals surface area (Å²) in [5.41, 5.74) is 0. The third-order valence-electron chi connectivity index (χ3n) is 2.01. The number of aldehydes is 3. The van der Waals surface area contributed by atoms with Gasteiger partial charge in [0.05, 0.1) is 6.61 Å². The monoisotopic (exact) mass is 311 g/mol. The summed E-state index contributed by atoms with van der Waals surface area (Å²) in [5.74, 6) is 0. The van der Waals surface area contributed by atoms with Crippen molar-refractivity contribution >= 4 is 18.9 Å². The topological polar surface area (TPSA) is 165 Å². The molecule has 0 aromatic rings. The number of aliphatic hydroxyl groups excluding tert-OH is 5. The Morgan fingerprint density at radius 2 is 1.43 bits per heavy atom. The Morgan fingerprint density at radius 1 is 0.952 bits per heavy atom. The van der Waals surface area contributed by atoms with Crippen molar-refractivity contribution in [1.82, 2.24) is 5.06 Å². The van der Waals surface area contributed by atoms with Gasteiger partial charge >= 0.3 is 0 Å². The molecule has 0 bridgehead atoms. The van der Waals surface area contributed by atoms with E-state index in [0.29, 0.717) is 6.29 Å². The maximum absolute atomic E-state index is 10.5. The fourth-order valence-electron chi connectivity index (χ4n) is 0.973. The zero-order valence-electron chi connectivity index (χ0n) is 11.6. The smallest absolute Gasteiger partial charge is 0.164 e. The van der Waals surface area contributed by atoms with Crippen LogP contribution in [0.3, 0.4) is 0 Å². The molecule has 0 spiro atoms. The van der Waals surface area contributed by atoms with Crippen LogP contribution in [0.15, 0.2) is 0 Å². The molecule has 0 rings (SSSR count). The fraction of sp³-hybridized carbons (Fsp3) is 0.727. The quantitative estimate of drug-likeness (QED) is 0.160. The van der Waals surface area contributed by atoms with Crippen LogP contribution in [0.4, 0.5) is 0 Å². The second-order valence-electron chi connectivity index (χ2n) is 4.01. The van der Waals surface area contributed by atoms with Crippen molar-refractivity contribution in [2.24, 2.45) is 0 Å². The molecule has 10 heteroatoms. The Bertz CT molecular complexity index is 291. The number of hydroxylamine groups is 2. The van der Waals surface area contributed by atoms with E-state index >= 15 is 0 Å². The van der Waals surface area contributed by atoms with E-state index < -0.39 is 37.1 Å². The zero-order valence-corrected chi connectivity index (χ0v) is 11.6. The van der Waals surface area contributed by atoms with Gasteiger partial charge in [-0.05, 0) is 0 Å². The van der Waals surface area contributed by atoms with Gasteiger partial charge in [-0.2, -0.15) is 5.06 Å². The Hall–Kier alpha value is -1.27. The van der Waals surface area contributed by atoms with E-state index in [1.807, 2.05) is 0 Å². The second-order valence-corrected chi connectivity index (χ2v) is 4.01. The highest BCUT2D eigenvalue weighted by atomic mass is 16.7. The summed E-state index contributed by atoms with van der Waals surface area (Å²) in [6.45, 7) is -0.716. The summed E-state index contributed by atoms with van der Waals surface area (Å²) in [5, 5.41) is 45.4. The molecule has 0 radical (unpaired) electrons.